The normalized spacial score (nSPS) is 12.9. The highest BCUT2D eigenvalue weighted by atomic mass is 16.7. The summed E-state index contributed by atoms with van der Waals surface area (Å²) >= 11 is 0. The fourth-order valence-electron chi connectivity index (χ4n) is 0.804. The molecule has 1 atom stereocenters. The molecule has 3 N–H and O–H groups in total. The molecule has 0 bridgehead atoms. The smallest absolute Gasteiger partial charge is 0.304 e. The molecular weight excluding hydrogens is 192 g/mol. The molecule has 1 unspecified atom stereocenters. The Kier molecular flexibility index (Phi) is 7.31. The third kappa shape index (κ3) is 5.87. The van der Waals surface area contributed by atoms with E-state index in [0.29, 0.717) is 0 Å². The van der Waals surface area contributed by atoms with Gasteiger partial charge in [-0.15, -0.1) is 0 Å². The number of aliphatic hydroxyl groups is 3. The summed E-state index contributed by atoms with van der Waals surface area (Å²) in [5, 5.41) is 26.0. The fourth-order valence-corrected chi connectivity index (χ4v) is 0.804. The minimum Gasteiger partial charge on any atom is -0.436 e. The van der Waals surface area contributed by atoms with Gasteiger partial charge in [0.2, 0.25) is 6.29 Å². The van der Waals surface area contributed by atoms with Gasteiger partial charge < -0.3 is 24.8 Å². The Hall–Kier alpha value is -0.690. The van der Waals surface area contributed by atoms with E-state index in [4.69, 9.17) is 20.1 Å². The summed E-state index contributed by atoms with van der Waals surface area (Å²) in [5.41, 5.74) is 0. The molecule has 0 spiro atoms. The van der Waals surface area contributed by atoms with Crippen LogP contribution in [0.4, 0.5) is 0 Å². The van der Waals surface area contributed by atoms with Gasteiger partial charge in [0.05, 0.1) is 13.2 Å². The van der Waals surface area contributed by atoms with Crippen molar-refractivity contribution < 1.29 is 29.6 Å². The van der Waals surface area contributed by atoms with Crippen LogP contribution in [0.2, 0.25) is 0 Å². The lowest BCUT2D eigenvalue weighted by atomic mass is 10.4. The van der Waals surface area contributed by atoms with Crippen molar-refractivity contribution in [2.45, 2.75) is 25.7 Å². The summed E-state index contributed by atoms with van der Waals surface area (Å²) in [7, 11) is 0. The van der Waals surface area contributed by atoms with Gasteiger partial charge >= 0.3 is 5.97 Å². The second-order valence-corrected chi connectivity index (χ2v) is 2.67. The lowest BCUT2D eigenvalue weighted by Gasteiger charge is -2.21. The first kappa shape index (κ1) is 13.3. The van der Waals surface area contributed by atoms with E-state index in [1.165, 1.54) is 6.92 Å². The van der Waals surface area contributed by atoms with E-state index in [-0.39, 0.29) is 26.2 Å². The first-order valence-corrected chi connectivity index (χ1v) is 4.29. The number of hydrogen-bond acceptors (Lipinski definition) is 6. The maximum atomic E-state index is 10.6. The number of carbonyl (C=O) groups is 1. The van der Waals surface area contributed by atoms with Crippen LogP contribution in [0.1, 0.15) is 13.3 Å². The van der Waals surface area contributed by atoms with Gasteiger partial charge in [0.15, 0.2) is 0 Å². The molecule has 6 heteroatoms. The van der Waals surface area contributed by atoms with Crippen molar-refractivity contribution >= 4 is 5.97 Å². The van der Waals surface area contributed by atoms with E-state index in [2.05, 4.69) is 4.74 Å². The van der Waals surface area contributed by atoms with E-state index in [0.717, 1.165) is 0 Å². The lowest BCUT2D eigenvalue weighted by Crippen LogP contribution is -2.31. The van der Waals surface area contributed by atoms with Crippen molar-refractivity contribution in [3.05, 3.63) is 0 Å². The van der Waals surface area contributed by atoms with Crippen LogP contribution in [0.15, 0.2) is 0 Å². The van der Waals surface area contributed by atoms with E-state index in [9.17, 15) is 4.79 Å². The van der Waals surface area contributed by atoms with Crippen LogP contribution in [0, 0.1) is 0 Å². The highest BCUT2D eigenvalue weighted by molar-refractivity contribution is 5.66. The second-order valence-electron chi connectivity index (χ2n) is 2.67. The van der Waals surface area contributed by atoms with Gasteiger partial charge in [-0.3, -0.25) is 4.79 Å². The molecule has 0 aromatic carbocycles. The van der Waals surface area contributed by atoms with Crippen LogP contribution in [-0.4, -0.2) is 53.5 Å². The molecule has 0 saturated heterocycles. The molecule has 0 radical (unpaired) electrons. The SMILES string of the molecule is CC(=O)OC(CCO)OC(CO)CO. The Morgan fingerprint density at radius 1 is 1.29 bits per heavy atom. The molecule has 0 aromatic rings. The maximum Gasteiger partial charge on any atom is 0.304 e. The Morgan fingerprint density at radius 3 is 2.21 bits per heavy atom. The predicted octanol–water partition coefficient (Wildman–Crippen LogP) is -1.37. The van der Waals surface area contributed by atoms with Crippen molar-refractivity contribution in [2.24, 2.45) is 0 Å². The standard InChI is InChI=1S/C8H16O6/c1-6(12)13-8(2-3-9)14-7(4-10)5-11/h7-11H,2-5H2,1H3. The number of aliphatic hydroxyl groups excluding tert-OH is 3. The lowest BCUT2D eigenvalue weighted by molar-refractivity contribution is -0.199. The molecule has 0 aliphatic heterocycles. The summed E-state index contributed by atoms with van der Waals surface area (Å²) in [6, 6.07) is 0. The molecule has 0 heterocycles. The molecule has 0 aromatic heterocycles. The van der Waals surface area contributed by atoms with E-state index >= 15 is 0 Å². The van der Waals surface area contributed by atoms with Crippen molar-refractivity contribution in [2.75, 3.05) is 19.8 Å². The average Bonchev–Trinajstić information content (AvgIpc) is 2.13. The van der Waals surface area contributed by atoms with Gasteiger partial charge in [0.1, 0.15) is 6.10 Å². The monoisotopic (exact) mass is 208 g/mol. The molecule has 0 aliphatic carbocycles. The van der Waals surface area contributed by atoms with Crippen LogP contribution in [0.3, 0.4) is 0 Å². The molecule has 0 fully saturated rings. The summed E-state index contributed by atoms with van der Waals surface area (Å²) < 4.78 is 9.68. The van der Waals surface area contributed by atoms with Crippen molar-refractivity contribution in [3.63, 3.8) is 0 Å². The van der Waals surface area contributed by atoms with Crippen molar-refractivity contribution in [1.82, 2.24) is 0 Å². The van der Waals surface area contributed by atoms with Gasteiger partial charge in [-0.05, 0) is 0 Å². The number of ether oxygens (including phenoxy) is 2. The molecule has 0 rings (SSSR count). The van der Waals surface area contributed by atoms with Gasteiger partial charge in [-0.2, -0.15) is 0 Å². The van der Waals surface area contributed by atoms with E-state index in [1.807, 2.05) is 0 Å². The van der Waals surface area contributed by atoms with E-state index < -0.39 is 18.4 Å². The highest BCUT2D eigenvalue weighted by Crippen LogP contribution is 2.04. The maximum absolute atomic E-state index is 10.6. The van der Waals surface area contributed by atoms with Crippen LogP contribution in [0.5, 0.6) is 0 Å². The number of hydrogen-bond donors (Lipinski definition) is 3. The molecule has 0 aliphatic rings. The molecule has 6 nitrogen and oxygen atoms in total. The van der Waals surface area contributed by atoms with Crippen LogP contribution in [0.25, 0.3) is 0 Å². The van der Waals surface area contributed by atoms with Gasteiger partial charge in [0, 0.05) is 20.0 Å². The number of carbonyl (C=O) groups excluding carboxylic acids is 1. The third-order valence-corrected chi connectivity index (χ3v) is 1.41. The molecule has 0 amide bonds. The Labute approximate surface area is 82.1 Å². The molecule has 14 heavy (non-hydrogen) atoms. The Balaban J connectivity index is 3.99. The predicted molar refractivity (Wildman–Crippen MR) is 46.3 cm³/mol. The fraction of sp³-hybridized carbons (Fsp3) is 0.875. The zero-order valence-electron chi connectivity index (χ0n) is 8.05. The first-order chi connectivity index (χ1) is 6.63. The first-order valence-electron chi connectivity index (χ1n) is 4.29. The number of rotatable bonds is 7. The Bertz CT molecular complexity index is 156. The highest BCUT2D eigenvalue weighted by Gasteiger charge is 2.17. The minimum absolute atomic E-state index is 0.107. The van der Waals surface area contributed by atoms with Crippen molar-refractivity contribution in [3.8, 4) is 0 Å². The van der Waals surface area contributed by atoms with E-state index in [1.54, 1.807) is 0 Å². The van der Waals surface area contributed by atoms with Gasteiger partial charge in [-0.1, -0.05) is 0 Å². The summed E-state index contributed by atoms with van der Waals surface area (Å²) in [5.74, 6) is -0.543. The van der Waals surface area contributed by atoms with Crippen LogP contribution in [-0.2, 0) is 14.3 Å². The molecule has 0 saturated carbocycles. The van der Waals surface area contributed by atoms with Crippen molar-refractivity contribution in [1.29, 1.82) is 0 Å². The van der Waals surface area contributed by atoms with Gasteiger partial charge in [-0.25, -0.2) is 0 Å². The average molecular weight is 208 g/mol. The summed E-state index contributed by atoms with van der Waals surface area (Å²) in [6.07, 6.45) is -1.62. The van der Waals surface area contributed by atoms with Crippen LogP contribution >= 0.6 is 0 Å². The van der Waals surface area contributed by atoms with Crippen LogP contribution < -0.4 is 0 Å². The third-order valence-electron chi connectivity index (χ3n) is 1.41. The number of esters is 1. The molecule has 84 valence electrons. The topological polar surface area (TPSA) is 96.2 Å². The minimum atomic E-state index is -0.929. The summed E-state index contributed by atoms with van der Waals surface area (Å²) in [6.45, 7) is 0.252. The Morgan fingerprint density at radius 2 is 1.86 bits per heavy atom. The second kappa shape index (κ2) is 7.69. The van der Waals surface area contributed by atoms with Gasteiger partial charge in [0.25, 0.3) is 0 Å². The summed E-state index contributed by atoms with van der Waals surface area (Å²) in [4.78, 5) is 10.6. The quantitative estimate of drug-likeness (QED) is 0.353. The molecular formula is C8H16O6. The zero-order chi connectivity index (χ0) is 11.0. The largest absolute Gasteiger partial charge is 0.436 e. The zero-order valence-corrected chi connectivity index (χ0v) is 8.05.